The maximum absolute atomic E-state index is 13.2. The van der Waals surface area contributed by atoms with Crippen LogP contribution in [0, 0.1) is 5.82 Å². The first-order valence-electron chi connectivity index (χ1n) is 5.70. The van der Waals surface area contributed by atoms with Crippen molar-refractivity contribution >= 4 is 28.9 Å². The second-order valence-electron chi connectivity index (χ2n) is 4.11. The van der Waals surface area contributed by atoms with E-state index in [0.29, 0.717) is 17.0 Å². The number of ether oxygens (including phenoxy) is 1. The molecule has 4 nitrogen and oxygen atoms in total. The van der Waals surface area contributed by atoms with Crippen molar-refractivity contribution in [1.29, 1.82) is 0 Å². The van der Waals surface area contributed by atoms with Gasteiger partial charge in [0.15, 0.2) is 0 Å². The number of nitrogens with two attached hydrogens (primary N) is 1. The summed E-state index contributed by atoms with van der Waals surface area (Å²) in [5.74, 6) is -0.498. The van der Waals surface area contributed by atoms with Crippen LogP contribution in [0.15, 0.2) is 36.4 Å². The van der Waals surface area contributed by atoms with Gasteiger partial charge in [0.2, 0.25) is 0 Å². The second kappa shape index (κ2) is 5.79. The molecule has 2 rings (SSSR count). The number of halogens is 2. The first kappa shape index (κ1) is 14.1. The van der Waals surface area contributed by atoms with Crippen molar-refractivity contribution < 1.29 is 13.9 Å². The van der Waals surface area contributed by atoms with Crippen LogP contribution in [0.2, 0.25) is 5.02 Å². The molecule has 0 aromatic heterocycles. The van der Waals surface area contributed by atoms with Gasteiger partial charge >= 0.3 is 0 Å². The predicted molar refractivity (Wildman–Crippen MR) is 76.8 cm³/mol. The molecule has 20 heavy (non-hydrogen) atoms. The molecule has 0 heterocycles. The topological polar surface area (TPSA) is 64.3 Å². The van der Waals surface area contributed by atoms with Gasteiger partial charge in [-0.2, -0.15) is 0 Å². The Labute approximate surface area is 120 Å². The molecule has 2 aromatic rings. The van der Waals surface area contributed by atoms with E-state index >= 15 is 0 Å². The van der Waals surface area contributed by atoms with Crippen LogP contribution in [-0.4, -0.2) is 13.0 Å². The smallest absolute Gasteiger partial charge is 0.255 e. The highest BCUT2D eigenvalue weighted by Crippen LogP contribution is 2.21. The van der Waals surface area contributed by atoms with Gasteiger partial charge in [0.1, 0.15) is 11.6 Å². The first-order valence-corrected chi connectivity index (χ1v) is 6.08. The molecule has 0 unspecified atom stereocenters. The quantitative estimate of drug-likeness (QED) is 0.854. The third-order valence-electron chi connectivity index (χ3n) is 2.55. The molecule has 0 saturated carbocycles. The summed E-state index contributed by atoms with van der Waals surface area (Å²) in [5, 5.41) is 2.74. The van der Waals surface area contributed by atoms with Gasteiger partial charge in [0, 0.05) is 28.0 Å². The molecule has 2 aromatic carbocycles. The van der Waals surface area contributed by atoms with Crippen molar-refractivity contribution in [2.24, 2.45) is 0 Å². The van der Waals surface area contributed by atoms with Crippen molar-refractivity contribution in [3.63, 3.8) is 0 Å². The molecule has 0 bridgehead atoms. The number of benzene rings is 2. The molecule has 0 aliphatic rings. The zero-order valence-electron chi connectivity index (χ0n) is 10.6. The molecule has 0 radical (unpaired) electrons. The molecule has 0 atom stereocenters. The summed E-state index contributed by atoms with van der Waals surface area (Å²) in [6.07, 6.45) is 0. The Morgan fingerprint density at radius 1 is 1.25 bits per heavy atom. The average molecular weight is 295 g/mol. The van der Waals surface area contributed by atoms with Gasteiger partial charge in [0.05, 0.1) is 7.11 Å². The largest absolute Gasteiger partial charge is 0.497 e. The molecule has 1 amide bonds. The van der Waals surface area contributed by atoms with E-state index in [4.69, 9.17) is 22.1 Å². The van der Waals surface area contributed by atoms with E-state index in [2.05, 4.69) is 5.32 Å². The molecular weight excluding hydrogens is 283 g/mol. The summed E-state index contributed by atoms with van der Waals surface area (Å²) in [5.41, 5.74) is 6.64. The number of carbonyl (C=O) groups is 1. The molecule has 6 heteroatoms. The monoisotopic (exact) mass is 294 g/mol. The molecule has 104 valence electrons. The lowest BCUT2D eigenvalue weighted by Gasteiger charge is -2.08. The number of anilines is 2. The number of amides is 1. The second-order valence-corrected chi connectivity index (χ2v) is 4.54. The summed E-state index contributed by atoms with van der Waals surface area (Å²) >= 11 is 5.72. The standard InChI is InChI=1S/C14H12ClFN2O2/c1-20-13-3-8(2-11(17)7-13)14(19)18-12-5-9(15)4-10(16)6-12/h2-7H,17H2,1H3,(H,18,19). The molecule has 0 saturated heterocycles. The van der Waals surface area contributed by atoms with Crippen LogP contribution in [0.4, 0.5) is 15.8 Å². The zero-order chi connectivity index (χ0) is 14.7. The third kappa shape index (κ3) is 3.39. The summed E-state index contributed by atoms with van der Waals surface area (Å²) in [7, 11) is 1.48. The fourth-order valence-electron chi connectivity index (χ4n) is 1.70. The van der Waals surface area contributed by atoms with Crippen LogP contribution >= 0.6 is 11.6 Å². The number of hydrogen-bond acceptors (Lipinski definition) is 3. The Balaban J connectivity index is 2.25. The first-order chi connectivity index (χ1) is 9.47. The van der Waals surface area contributed by atoms with Crippen LogP contribution in [0.3, 0.4) is 0 Å². The van der Waals surface area contributed by atoms with Gasteiger partial charge in [-0.25, -0.2) is 4.39 Å². The van der Waals surface area contributed by atoms with Gasteiger partial charge in [-0.15, -0.1) is 0 Å². The van der Waals surface area contributed by atoms with E-state index in [-0.39, 0.29) is 10.7 Å². The molecule has 0 spiro atoms. The highest BCUT2D eigenvalue weighted by atomic mass is 35.5. The van der Waals surface area contributed by atoms with Crippen LogP contribution in [-0.2, 0) is 0 Å². The predicted octanol–water partition coefficient (Wildman–Crippen LogP) is 3.32. The molecule has 0 fully saturated rings. The number of rotatable bonds is 3. The Bertz CT molecular complexity index is 641. The van der Waals surface area contributed by atoms with Crippen LogP contribution in [0.5, 0.6) is 5.75 Å². The lowest BCUT2D eigenvalue weighted by molar-refractivity contribution is 0.102. The van der Waals surface area contributed by atoms with Crippen molar-refractivity contribution in [2.45, 2.75) is 0 Å². The summed E-state index contributed by atoms with van der Waals surface area (Å²) in [4.78, 5) is 12.1. The van der Waals surface area contributed by atoms with Gasteiger partial charge in [-0.1, -0.05) is 11.6 Å². The van der Waals surface area contributed by atoms with Crippen molar-refractivity contribution in [2.75, 3.05) is 18.2 Å². The SMILES string of the molecule is COc1cc(N)cc(C(=O)Nc2cc(F)cc(Cl)c2)c1. The number of nitrogens with one attached hydrogen (secondary N) is 1. The summed E-state index contributed by atoms with van der Waals surface area (Å²) < 4.78 is 18.2. The van der Waals surface area contributed by atoms with Crippen molar-refractivity contribution in [1.82, 2.24) is 0 Å². The van der Waals surface area contributed by atoms with E-state index < -0.39 is 11.7 Å². The highest BCUT2D eigenvalue weighted by molar-refractivity contribution is 6.31. The minimum atomic E-state index is -0.530. The Morgan fingerprint density at radius 3 is 2.65 bits per heavy atom. The Kier molecular flexibility index (Phi) is 4.10. The molecule has 3 N–H and O–H groups in total. The van der Waals surface area contributed by atoms with E-state index in [1.807, 2.05) is 0 Å². The molecular formula is C14H12ClFN2O2. The van der Waals surface area contributed by atoms with Gasteiger partial charge < -0.3 is 15.8 Å². The number of methoxy groups -OCH3 is 1. The van der Waals surface area contributed by atoms with E-state index in [9.17, 15) is 9.18 Å². The van der Waals surface area contributed by atoms with Crippen LogP contribution in [0.1, 0.15) is 10.4 Å². The fourth-order valence-corrected chi connectivity index (χ4v) is 1.92. The van der Waals surface area contributed by atoms with E-state index in [0.717, 1.165) is 6.07 Å². The van der Waals surface area contributed by atoms with E-state index in [1.165, 1.54) is 31.4 Å². The van der Waals surface area contributed by atoms with Crippen molar-refractivity contribution in [3.8, 4) is 5.75 Å². The Hall–Kier alpha value is -2.27. The maximum Gasteiger partial charge on any atom is 0.255 e. The third-order valence-corrected chi connectivity index (χ3v) is 2.77. The normalized spacial score (nSPS) is 10.2. The van der Waals surface area contributed by atoms with Crippen LogP contribution in [0.25, 0.3) is 0 Å². The maximum atomic E-state index is 13.2. The van der Waals surface area contributed by atoms with Crippen molar-refractivity contribution in [3.05, 3.63) is 52.8 Å². The molecule has 0 aliphatic heterocycles. The van der Waals surface area contributed by atoms with Gasteiger partial charge in [-0.05, 0) is 30.3 Å². The lowest BCUT2D eigenvalue weighted by atomic mass is 10.1. The van der Waals surface area contributed by atoms with Crippen LogP contribution < -0.4 is 15.8 Å². The van der Waals surface area contributed by atoms with E-state index in [1.54, 1.807) is 6.07 Å². The minimum Gasteiger partial charge on any atom is -0.497 e. The zero-order valence-corrected chi connectivity index (χ0v) is 11.4. The average Bonchev–Trinajstić information content (AvgIpc) is 2.36. The lowest BCUT2D eigenvalue weighted by Crippen LogP contribution is -2.12. The number of nitrogen functional groups attached to an aromatic ring is 1. The Morgan fingerprint density at radius 2 is 2.00 bits per heavy atom. The van der Waals surface area contributed by atoms with Gasteiger partial charge in [-0.3, -0.25) is 4.79 Å². The minimum absolute atomic E-state index is 0.199. The highest BCUT2D eigenvalue weighted by Gasteiger charge is 2.10. The number of hydrogen-bond donors (Lipinski definition) is 2. The molecule has 0 aliphatic carbocycles. The fraction of sp³-hybridized carbons (Fsp3) is 0.0714. The summed E-state index contributed by atoms with van der Waals surface area (Å²) in [6, 6.07) is 8.40. The summed E-state index contributed by atoms with van der Waals surface area (Å²) in [6.45, 7) is 0. The van der Waals surface area contributed by atoms with Gasteiger partial charge in [0.25, 0.3) is 5.91 Å². The number of carbonyl (C=O) groups excluding carboxylic acids is 1.